The van der Waals surface area contributed by atoms with Crippen molar-refractivity contribution in [2.45, 2.75) is 31.5 Å². The molecule has 10 heteroatoms. The Morgan fingerprint density at radius 3 is 2.66 bits per heavy atom. The molecule has 7 nitrogen and oxygen atoms in total. The number of hydrogen-bond acceptors (Lipinski definition) is 6. The van der Waals surface area contributed by atoms with E-state index in [1.165, 1.54) is 4.68 Å². The molecule has 0 radical (unpaired) electrons. The third-order valence-electron chi connectivity index (χ3n) is 5.69. The first kappa shape index (κ1) is 20.4. The normalized spacial score (nSPS) is 18.6. The number of nitrogen functional groups attached to an aromatic ring is 1. The zero-order chi connectivity index (χ0) is 22.5. The number of anilines is 1. The fraction of sp³-hybridized carbons (Fsp3) is 0.273. The van der Waals surface area contributed by atoms with Gasteiger partial charge in [0, 0.05) is 17.1 Å². The van der Waals surface area contributed by atoms with Crippen LogP contribution in [-0.2, 0) is 12.6 Å². The molecule has 3 heterocycles. The van der Waals surface area contributed by atoms with Gasteiger partial charge in [-0.3, -0.25) is 4.98 Å². The van der Waals surface area contributed by atoms with Crippen LogP contribution in [0.25, 0.3) is 28.1 Å². The van der Waals surface area contributed by atoms with Crippen molar-refractivity contribution in [2.24, 2.45) is 5.92 Å². The number of fused-ring (bicyclic) bond motifs is 1. The second-order valence-electron chi connectivity index (χ2n) is 8.00. The van der Waals surface area contributed by atoms with Crippen molar-refractivity contribution in [3.63, 3.8) is 0 Å². The number of pyridine rings is 1. The predicted octanol–water partition coefficient (Wildman–Crippen LogP) is 3.79. The van der Waals surface area contributed by atoms with Crippen LogP contribution in [0.5, 0.6) is 0 Å². The minimum absolute atomic E-state index is 0.165. The molecule has 1 fully saturated rings. The Labute approximate surface area is 180 Å². The molecule has 0 atom stereocenters. The van der Waals surface area contributed by atoms with Gasteiger partial charge in [-0.1, -0.05) is 12.1 Å². The first-order valence-electron chi connectivity index (χ1n) is 10.1. The fourth-order valence-corrected chi connectivity index (χ4v) is 3.92. The lowest BCUT2D eigenvalue weighted by Crippen LogP contribution is -2.30. The molecule has 3 aromatic heterocycles. The molecule has 1 aromatic carbocycles. The third kappa shape index (κ3) is 3.77. The van der Waals surface area contributed by atoms with Gasteiger partial charge < -0.3 is 10.8 Å². The van der Waals surface area contributed by atoms with Gasteiger partial charge in [0.1, 0.15) is 5.69 Å². The van der Waals surface area contributed by atoms with Gasteiger partial charge in [0.05, 0.1) is 34.9 Å². The highest BCUT2D eigenvalue weighted by molar-refractivity contribution is 5.84. The molecule has 164 valence electrons. The SMILES string of the molecule is Nc1ccc(-c2ccc3cnn(-c4nccc(C(F)(F)F)n4)c3c2)nc1CC1CC(O)C1. The Kier molecular flexibility index (Phi) is 4.81. The summed E-state index contributed by atoms with van der Waals surface area (Å²) in [6.07, 6.45) is -0.0342. The zero-order valence-electron chi connectivity index (χ0n) is 16.8. The maximum atomic E-state index is 13.1. The van der Waals surface area contributed by atoms with Gasteiger partial charge in [-0.15, -0.1) is 0 Å². The summed E-state index contributed by atoms with van der Waals surface area (Å²) in [7, 11) is 0. The van der Waals surface area contributed by atoms with Crippen LogP contribution < -0.4 is 5.73 Å². The Morgan fingerprint density at radius 1 is 1.09 bits per heavy atom. The van der Waals surface area contributed by atoms with E-state index in [2.05, 4.69) is 15.1 Å². The summed E-state index contributed by atoms with van der Waals surface area (Å²) in [6, 6.07) is 9.91. The fourth-order valence-electron chi connectivity index (χ4n) is 3.92. The highest BCUT2D eigenvalue weighted by Gasteiger charge is 2.33. The van der Waals surface area contributed by atoms with Crippen LogP contribution in [0.1, 0.15) is 24.2 Å². The second kappa shape index (κ2) is 7.56. The molecule has 1 aliphatic carbocycles. The molecule has 5 rings (SSSR count). The van der Waals surface area contributed by atoms with Crippen LogP contribution >= 0.6 is 0 Å². The molecule has 0 unspecified atom stereocenters. The second-order valence-corrected chi connectivity index (χ2v) is 8.00. The lowest BCUT2D eigenvalue weighted by Gasteiger charge is -2.31. The molecule has 1 aliphatic rings. The van der Waals surface area contributed by atoms with Gasteiger partial charge in [-0.2, -0.15) is 23.0 Å². The summed E-state index contributed by atoms with van der Waals surface area (Å²) in [6.45, 7) is 0. The summed E-state index contributed by atoms with van der Waals surface area (Å²) in [4.78, 5) is 12.3. The number of halogens is 3. The van der Waals surface area contributed by atoms with E-state index in [0.29, 0.717) is 29.2 Å². The van der Waals surface area contributed by atoms with Crippen molar-refractivity contribution in [3.8, 4) is 17.2 Å². The van der Waals surface area contributed by atoms with E-state index in [9.17, 15) is 18.3 Å². The van der Waals surface area contributed by atoms with Crippen LogP contribution in [0.15, 0.2) is 48.8 Å². The summed E-state index contributed by atoms with van der Waals surface area (Å²) in [5.41, 5.74) is 8.45. The smallest absolute Gasteiger partial charge is 0.397 e. The van der Waals surface area contributed by atoms with Crippen LogP contribution in [-0.4, -0.2) is 35.9 Å². The maximum absolute atomic E-state index is 13.1. The van der Waals surface area contributed by atoms with E-state index in [1.807, 2.05) is 12.1 Å². The quantitative estimate of drug-likeness (QED) is 0.501. The number of aliphatic hydroxyl groups is 1. The van der Waals surface area contributed by atoms with Crippen molar-refractivity contribution in [1.82, 2.24) is 24.7 Å². The maximum Gasteiger partial charge on any atom is 0.433 e. The Bertz CT molecular complexity index is 1300. The first-order valence-corrected chi connectivity index (χ1v) is 10.1. The van der Waals surface area contributed by atoms with E-state index in [1.54, 1.807) is 24.4 Å². The number of alkyl halides is 3. The molecule has 3 N–H and O–H groups in total. The Hall–Kier alpha value is -3.53. The van der Waals surface area contributed by atoms with E-state index in [4.69, 9.17) is 10.7 Å². The van der Waals surface area contributed by atoms with Crippen molar-refractivity contribution < 1.29 is 18.3 Å². The topological polar surface area (TPSA) is 103 Å². The lowest BCUT2D eigenvalue weighted by atomic mass is 9.79. The average molecular weight is 440 g/mol. The Morgan fingerprint density at radius 2 is 1.91 bits per heavy atom. The minimum Gasteiger partial charge on any atom is -0.397 e. The molecule has 1 saturated carbocycles. The van der Waals surface area contributed by atoms with Crippen LogP contribution in [0.4, 0.5) is 18.9 Å². The molecule has 0 bridgehead atoms. The number of benzene rings is 1. The van der Waals surface area contributed by atoms with E-state index in [-0.39, 0.29) is 12.1 Å². The minimum atomic E-state index is -4.58. The van der Waals surface area contributed by atoms with Crippen molar-refractivity contribution in [2.75, 3.05) is 5.73 Å². The number of aromatic nitrogens is 5. The monoisotopic (exact) mass is 440 g/mol. The number of hydrogen-bond donors (Lipinski definition) is 2. The van der Waals surface area contributed by atoms with E-state index >= 15 is 0 Å². The van der Waals surface area contributed by atoms with Crippen LogP contribution in [0, 0.1) is 5.92 Å². The summed E-state index contributed by atoms with van der Waals surface area (Å²) in [5.74, 6) is 0.193. The summed E-state index contributed by atoms with van der Waals surface area (Å²) in [5, 5.41) is 14.4. The third-order valence-corrected chi connectivity index (χ3v) is 5.69. The van der Waals surface area contributed by atoms with Gasteiger partial charge in [0.15, 0.2) is 0 Å². The van der Waals surface area contributed by atoms with E-state index in [0.717, 1.165) is 41.7 Å². The average Bonchev–Trinajstić information content (AvgIpc) is 3.17. The molecule has 0 saturated heterocycles. The van der Waals surface area contributed by atoms with Crippen LogP contribution in [0.3, 0.4) is 0 Å². The molecular formula is C22H19F3N6O. The largest absolute Gasteiger partial charge is 0.433 e. The number of nitrogens with zero attached hydrogens (tertiary/aromatic N) is 5. The Balaban J connectivity index is 1.52. The zero-order valence-corrected chi connectivity index (χ0v) is 16.8. The van der Waals surface area contributed by atoms with E-state index < -0.39 is 11.9 Å². The van der Waals surface area contributed by atoms with Gasteiger partial charge in [0.2, 0.25) is 0 Å². The molecule has 0 aliphatic heterocycles. The number of rotatable bonds is 4. The molecule has 32 heavy (non-hydrogen) atoms. The first-order chi connectivity index (χ1) is 15.3. The predicted molar refractivity (Wildman–Crippen MR) is 112 cm³/mol. The van der Waals surface area contributed by atoms with Crippen molar-refractivity contribution in [1.29, 1.82) is 0 Å². The van der Waals surface area contributed by atoms with Gasteiger partial charge in [-0.05, 0) is 49.4 Å². The van der Waals surface area contributed by atoms with Gasteiger partial charge >= 0.3 is 6.18 Å². The highest BCUT2D eigenvalue weighted by Crippen LogP contribution is 2.33. The van der Waals surface area contributed by atoms with Crippen molar-refractivity contribution in [3.05, 3.63) is 60.2 Å². The van der Waals surface area contributed by atoms with Gasteiger partial charge in [-0.25, -0.2) is 9.97 Å². The number of aliphatic hydroxyl groups excluding tert-OH is 1. The number of nitrogens with two attached hydrogens (primary N) is 1. The highest BCUT2D eigenvalue weighted by atomic mass is 19.4. The molecule has 4 aromatic rings. The van der Waals surface area contributed by atoms with Crippen LogP contribution in [0.2, 0.25) is 0 Å². The molecular weight excluding hydrogens is 421 g/mol. The summed E-state index contributed by atoms with van der Waals surface area (Å²) >= 11 is 0. The van der Waals surface area contributed by atoms with Gasteiger partial charge in [0.25, 0.3) is 5.95 Å². The lowest BCUT2D eigenvalue weighted by molar-refractivity contribution is -0.141. The van der Waals surface area contributed by atoms with Crippen molar-refractivity contribution >= 4 is 16.6 Å². The summed E-state index contributed by atoms with van der Waals surface area (Å²) < 4.78 is 40.5. The standard InChI is InChI=1S/C22H19F3N6O/c23-22(24,25)20-5-6-27-21(30-20)31-19-10-13(1-2-14(19)11-28-31)17-4-3-16(26)18(29-17)9-12-7-15(32)8-12/h1-6,10-12,15,32H,7-9,26H2. The molecule has 0 spiro atoms. The molecule has 0 amide bonds.